The van der Waals surface area contributed by atoms with E-state index in [1.54, 1.807) is 17.1 Å². The molecule has 22 heavy (non-hydrogen) atoms. The molecule has 1 atom stereocenters. The van der Waals surface area contributed by atoms with E-state index in [0.29, 0.717) is 29.4 Å². The first kappa shape index (κ1) is 17.3. The van der Waals surface area contributed by atoms with Crippen molar-refractivity contribution in [2.75, 3.05) is 0 Å². The van der Waals surface area contributed by atoms with Crippen LogP contribution in [0.1, 0.15) is 32.8 Å². The summed E-state index contributed by atoms with van der Waals surface area (Å²) in [6.45, 7) is 6.45. The highest BCUT2D eigenvalue weighted by molar-refractivity contribution is 6.35. The Morgan fingerprint density at radius 1 is 1.23 bits per heavy atom. The topological polar surface area (TPSA) is 50.9 Å². The predicted molar refractivity (Wildman–Crippen MR) is 89.2 cm³/mol. The Balaban J connectivity index is 2.16. The van der Waals surface area contributed by atoms with Crippen molar-refractivity contribution in [3.8, 4) is 0 Å². The average molecular weight is 342 g/mol. The molecule has 0 saturated heterocycles. The third kappa shape index (κ3) is 4.00. The van der Waals surface area contributed by atoms with Gasteiger partial charge < -0.3 is 5.11 Å². The zero-order valence-electron chi connectivity index (χ0n) is 13.1. The molecule has 1 heterocycles. The van der Waals surface area contributed by atoms with Gasteiger partial charge in [0.05, 0.1) is 12.1 Å². The Labute approximate surface area is 141 Å². The van der Waals surface area contributed by atoms with Gasteiger partial charge in [-0.15, -0.1) is 0 Å². The second-order valence-electron chi connectivity index (χ2n) is 6.61. The minimum absolute atomic E-state index is 0.308. The first-order valence-electron chi connectivity index (χ1n) is 7.20. The standard InChI is InChI=1S/C16H21Cl2N3O/c1-15(2,3)16(22,9-21-11-19-10-20-21)7-6-12-4-5-13(17)8-14(12)18/h4-5,8,10-11,22H,6-7,9H2,1-3H3/t16-/m0/s1. The van der Waals surface area contributed by atoms with E-state index in [-0.39, 0.29) is 5.41 Å². The van der Waals surface area contributed by atoms with Gasteiger partial charge in [-0.05, 0) is 36.0 Å². The van der Waals surface area contributed by atoms with Gasteiger partial charge >= 0.3 is 0 Å². The number of nitrogens with zero attached hydrogens (tertiary/aromatic N) is 3. The molecular weight excluding hydrogens is 321 g/mol. The number of rotatable bonds is 5. The number of aliphatic hydroxyl groups is 1. The minimum atomic E-state index is -0.927. The fraction of sp³-hybridized carbons (Fsp3) is 0.500. The maximum Gasteiger partial charge on any atom is 0.137 e. The highest BCUT2D eigenvalue weighted by Crippen LogP contribution is 2.36. The van der Waals surface area contributed by atoms with Crippen LogP contribution in [0.2, 0.25) is 10.0 Å². The summed E-state index contributed by atoms with van der Waals surface area (Å²) in [6.07, 6.45) is 4.32. The molecule has 2 aromatic rings. The molecule has 0 spiro atoms. The van der Waals surface area contributed by atoms with Crippen molar-refractivity contribution in [3.05, 3.63) is 46.5 Å². The lowest BCUT2D eigenvalue weighted by molar-refractivity contribution is -0.0796. The van der Waals surface area contributed by atoms with E-state index < -0.39 is 5.60 Å². The molecule has 0 saturated carbocycles. The third-order valence-corrected chi connectivity index (χ3v) is 4.70. The smallest absolute Gasteiger partial charge is 0.137 e. The van der Waals surface area contributed by atoms with E-state index in [1.165, 1.54) is 6.33 Å². The van der Waals surface area contributed by atoms with Gasteiger partial charge in [0.2, 0.25) is 0 Å². The van der Waals surface area contributed by atoms with Crippen molar-refractivity contribution < 1.29 is 5.11 Å². The Morgan fingerprint density at radius 3 is 2.50 bits per heavy atom. The predicted octanol–water partition coefficient (Wildman–Crippen LogP) is 3.99. The first-order valence-corrected chi connectivity index (χ1v) is 7.96. The molecule has 1 N–H and O–H groups in total. The highest BCUT2D eigenvalue weighted by Gasteiger charge is 2.40. The van der Waals surface area contributed by atoms with Crippen molar-refractivity contribution in [2.45, 2.75) is 45.8 Å². The molecule has 0 unspecified atom stereocenters. The summed E-state index contributed by atoms with van der Waals surface area (Å²) in [4.78, 5) is 3.94. The van der Waals surface area contributed by atoms with E-state index in [9.17, 15) is 5.11 Å². The summed E-state index contributed by atoms with van der Waals surface area (Å²) < 4.78 is 1.66. The normalized spacial score (nSPS) is 14.8. The number of aryl methyl sites for hydroxylation is 1. The van der Waals surface area contributed by atoms with Gasteiger partial charge in [-0.3, -0.25) is 4.68 Å². The van der Waals surface area contributed by atoms with Crippen LogP contribution in [0.4, 0.5) is 0 Å². The van der Waals surface area contributed by atoms with E-state index in [4.69, 9.17) is 23.2 Å². The Bertz CT molecular complexity index is 623. The molecule has 2 rings (SSSR count). The first-order chi connectivity index (χ1) is 10.2. The second kappa shape index (κ2) is 6.57. The van der Waals surface area contributed by atoms with Crippen LogP contribution in [-0.4, -0.2) is 25.5 Å². The molecule has 0 aliphatic heterocycles. The molecule has 0 amide bonds. The third-order valence-electron chi connectivity index (χ3n) is 4.11. The van der Waals surface area contributed by atoms with Crippen LogP contribution in [0.3, 0.4) is 0 Å². The minimum Gasteiger partial charge on any atom is -0.387 e. The van der Waals surface area contributed by atoms with Crippen molar-refractivity contribution in [3.63, 3.8) is 0 Å². The second-order valence-corrected chi connectivity index (χ2v) is 7.45. The molecule has 0 aliphatic rings. The van der Waals surface area contributed by atoms with Crippen LogP contribution in [0, 0.1) is 5.41 Å². The van der Waals surface area contributed by atoms with E-state index in [2.05, 4.69) is 10.1 Å². The van der Waals surface area contributed by atoms with Crippen LogP contribution in [0.25, 0.3) is 0 Å². The van der Waals surface area contributed by atoms with E-state index >= 15 is 0 Å². The average Bonchev–Trinajstić information content (AvgIpc) is 2.89. The molecule has 0 radical (unpaired) electrons. The van der Waals surface area contributed by atoms with Crippen molar-refractivity contribution in [1.29, 1.82) is 0 Å². The Kier molecular flexibility index (Phi) is 5.15. The fourth-order valence-electron chi connectivity index (χ4n) is 2.34. The van der Waals surface area contributed by atoms with Gasteiger partial charge in [-0.1, -0.05) is 50.0 Å². The van der Waals surface area contributed by atoms with Gasteiger partial charge in [-0.2, -0.15) is 5.10 Å². The number of halogens is 2. The monoisotopic (exact) mass is 341 g/mol. The Hall–Kier alpha value is -1.10. The molecule has 1 aromatic heterocycles. The molecule has 1 aromatic carbocycles. The van der Waals surface area contributed by atoms with Gasteiger partial charge in [0.15, 0.2) is 0 Å². The van der Waals surface area contributed by atoms with Crippen LogP contribution in [0.5, 0.6) is 0 Å². The summed E-state index contributed by atoms with van der Waals surface area (Å²) >= 11 is 12.1. The summed E-state index contributed by atoms with van der Waals surface area (Å²) in [6, 6.07) is 5.45. The van der Waals surface area contributed by atoms with Crippen LogP contribution in [-0.2, 0) is 13.0 Å². The lowest BCUT2D eigenvalue weighted by Gasteiger charge is -2.40. The summed E-state index contributed by atoms with van der Waals surface area (Å²) in [5, 5.41) is 16.5. The largest absolute Gasteiger partial charge is 0.387 e. The molecule has 0 bridgehead atoms. The number of hydrogen-bond donors (Lipinski definition) is 1. The molecule has 0 aliphatic carbocycles. The SMILES string of the molecule is CC(C)(C)[C@](O)(CCc1ccc(Cl)cc1Cl)Cn1cncn1. The molecule has 4 nitrogen and oxygen atoms in total. The maximum atomic E-state index is 11.2. The summed E-state index contributed by atoms with van der Waals surface area (Å²) in [5.74, 6) is 0. The molecule has 120 valence electrons. The van der Waals surface area contributed by atoms with E-state index in [0.717, 1.165) is 5.56 Å². The summed E-state index contributed by atoms with van der Waals surface area (Å²) in [7, 11) is 0. The van der Waals surface area contributed by atoms with Crippen LogP contribution < -0.4 is 0 Å². The van der Waals surface area contributed by atoms with Crippen molar-refractivity contribution >= 4 is 23.2 Å². The lowest BCUT2D eigenvalue weighted by atomic mass is 9.73. The Morgan fingerprint density at radius 2 is 1.95 bits per heavy atom. The molecule has 0 fully saturated rings. The van der Waals surface area contributed by atoms with Crippen molar-refractivity contribution in [1.82, 2.24) is 14.8 Å². The van der Waals surface area contributed by atoms with Gasteiger partial charge in [0.25, 0.3) is 0 Å². The fourth-order valence-corrected chi connectivity index (χ4v) is 2.84. The van der Waals surface area contributed by atoms with Gasteiger partial charge in [0, 0.05) is 10.0 Å². The zero-order chi connectivity index (χ0) is 16.4. The summed E-state index contributed by atoms with van der Waals surface area (Å²) in [5.41, 5.74) is -0.256. The number of aromatic nitrogens is 3. The van der Waals surface area contributed by atoms with Crippen molar-refractivity contribution in [2.24, 2.45) is 5.41 Å². The van der Waals surface area contributed by atoms with Crippen LogP contribution in [0.15, 0.2) is 30.9 Å². The number of benzene rings is 1. The van der Waals surface area contributed by atoms with Gasteiger partial charge in [-0.25, -0.2) is 4.98 Å². The number of hydrogen-bond acceptors (Lipinski definition) is 3. The van der Waals surface area contributed by atoms with E-state index in [1.807, 2.05) is 32.9 Å². The highest BCUT2D eigenvalue weighted by atomic mass is 35.5. The maximum absolute atomic E-state index is 11.2. The lowest BCUT2D eigenvalue weighted by Crippen LogP contribution is -2.47. The quantitative estimate of drug-likeness (QED) is 0.894. The molecular formula is C16H21Cl2N3O. The van der Waals surface area contributed by atoms with Crippen LogP contribution >= 0.6 is 23.2 Å². The van der Waals surface area contributed by atoms with Gasteiger partial charge in [0.1, 0.15) is 12.7 Å². The molecule has 6 heteroatoms. The zero-order valence-corrected chi connectivity index (χ0v) is 14.6.